The van der Waals surface area contributed by atoms with Crippen LogP contribution in [0, 0.1) is 0 Å². The van der Waals surface area contributed by atoms with Crippen LogP contribution in [0.15, 0.2) is 41.3 Å². The van der Waals surface area contributed by atoms with Crippen LogP contribution >= 0.6 is 15.9 Å². The molecule has 0 bridgehead atoms. The number of halogens is 4. The van der Waals surface area contributed by atoms with Gasteiger partial charge in [0.15, 0.2) is 0 Å². The van der Waals surface area contributed by atoms with Gasteiger partial charge in [0.25, 0.3) is 0 Å². The molecule has 0 radical (unpaired) electrons. The summed E-state index contributed by atoms with van der Waals surface area (Å²) in [6.45, 7) is 0. The number of benzene rings is 1. The molecule has 1 aromatic heterocycles. The molecule has 2 rings (SSSR count). The van der Waals surface area contributed by atoms with Gasteiger partial charge in [0.2, 0.25) is 5.88 Å². The summed E-state index contributed by atoms with van der Waals surface area (Å²) in [5, 5.41) is 0. The second kappa shape index (κ2) is 5.43. The van der Waals surface area contributed by atoms with E-state index in [4.69, 9.17) is 4.74 Å². The van der Waals surface area contributed by atoms with Crippen molar-refractivity contribution in [2.24, 2.45) is 0 Å². The predicted molar refractivity (Wildman–Crippen MR) is 62.9 cm³/mol. The van der Waals surface area contributed by atoms with Gasteiger partial charge in [-0.25, -0.2) is 9.97 Å². The Labute approximate surface area is 114 Å². The van der Waals surface area contributed by atoms with Crippen LogP contribution < -0.4 is 9.47 Å². The zero-order valence-corrected chi connectivity index (χ0v) is 10.8. The molecule has 2 aromatic rings. The van der Waals surface area contributed by atoms with Crippen LogP contribution in [0.5, 0.6) is 17.4 Å². The van der Waals surface area contributed by atoms with Crippen LogP contribution in [0.2, 0.25) is 0 Å². The fraction of sp³-hybridized carbons (Fsp3) is 0.0909. The first-order valence-electron chi connectivity index (χ1n) is 4.93. The van der Waals surface area contributed by atoms with Crippen molar-refractivity contribution in [3.63, 3.8) is 0 Å². The smallest absolute Gasteiger partial charge is 0.438 e. The average Bonchev–Trinajstić information content (AvgIpc) is 2.33. The van der Waals surface area contributed by atoms with E-state index in [1.165, 1.54) is 24.7 Å². The van der Waals surface area contributed by atoms with Crippen LogP contribution in [-0.4, -0.2) is 16.3 Å². The van der Waals surface area contributed by atoms with E-state index < -0.39 is 6.36 Å². The summed E-state index contributed by atoms with van der Waals surface area (Å²) in [6, 6.07) is 4.99. The van der Waals surface area contributed by atoms with Crippen LogP contribution in [0.25, 0.3) is 0 Å². The summed E-state index contributed by atoms with van der Waals surface area (Å²) in [4.78, 5) is 7.62. The van der Waals surface area contributed by atoms with Crippen LogP contribution in [0.3, 0.4) is 0 Å². The molecule has 1 heterocycles. The highest BCUT2D eigenvalue weighted by Gasteiger charge is 2.30. The molecule has 0 saturated heterocycles. The third-order valence-electron chi connectivity index (χ3n) is 1.91. The van der Waals surface area contributed by atoms with Gasteiger partial charge in [0, 0.05) is 6.20 Å². The van der Waals surface area contributed by atoms with Crippen LogP contribution in [-0.2, 0) is 0 Å². The minimum atomic E-state index is -4.71. The number of hydrogen-bond donors (Lipinski definition) is 0. The van der Waals surface area contributed by atoms with Crippen molar-refractivity contribution in [1.82, 2.24) is 9.97 Å². The van der Waals surface area contributed by atoms with Crippen molar-refractivity contribution in [2.75, 3.05) is 0 Å². The second-order valence-electron chi connectivity index (χ2n) is 3.30. The van der Waals surface area contributed by atoms with E-state index in [2.05, 4.69) is 30.6 Å². The molecule has 0 fully saturated rings. The SMILES string of the molecule is FC(F)(F)Oc1ccc(Oc2ncncc2Br)cc1. The Bertz CT molecular complexity index is 561. The van der Waals surface area contributed by atoms with Gasteiger partial charge in [-0.2, -0.15) is 0 Å². The molecule has 19 heavy (non-hydrogen) atoms. The number of ether oxygens (including phenoxy) is 2. The minimum absolute atomic E-state index is 0.263. The first-order valence-corrected chi connectivity index (χ1v) is 5.72. The largest absolute Gasteiger partial charge is 0.573 e. The van der Waals surface area contributed by atoms with E-state index in [1.807, 2.05) is 0 Å². The summed E-state index contributed by atoms with van der Waals surface area (Å²) in [5.74, 6) is 0.273. The molecule has 4 nitrogen and oxygen atoms in total. The maximum absolute atomic E-state index is 12.0. The monoisotopic (exact) mass is 334 g/mol. The van der Waals surface area contributed by atoms with E-state index in [9.17, 15) is 13.2 Å². The summed E-state index contributed by atoms with van der Waals surface area (Å²) in [5.41, 5.74) is 0. The zero-order chi connectivity index (χ0) is 13.9. The molecule has 0 unspecified atom stereocenters. The molecular weight excluding hydrogens is 329 g/mol. The van der Waals surface area contributed by atoms with E-state index in [0.29, 0.717) is 10.2 Å². The van der Waals surface area contributed by atoms with Crippen molar-refractivity contribution < 1.29 is 22.6 Å². The molecule has 0 saturated carbocycles. The Morgan fingerprint density at radius 2 is 1.68 bits per heavy atom. The number of nitrogens with zero attached hydrogens (tertiary/aromatic N) is 2. The summed E-state index contributed by atoms with van der Waals surface area (Å²) in [7, 11) is 0. The fourth-order valence-electron chi connectivity index (χ4n) is 1.20. The Morgan fingerprint density at radius 1 is 1.05 bits per heavy atom. The van der Waals surface area contributed by atoms with Gasteiger partial charge >= 0.3 is 6.36 Å². The number of alkyl halides is 3. The number of aromatic nitrogens is 2. The average molecular weight is 335 g/mol. The Balaban J connectivity index is 2.09. The fourth-order valence-corrected chi connectivity index (χ4v) is 1.50. The predicted octanol–water partition coefficient (Wildman–Crippen LogP) is 3.93. The lowest BCUT2D eigenvalue weighted by Gasteiger charge is -2.09. The van der Waals surface area contributed by atoms with Crippen molar-refractivity contribution in [2.45, 2.75) is 6.36 Å². The van der Waals surface area contributed by atoms with Crippen molar-refractivity contribution in [1.29, 1.82) is 0 Å². The van der Waals surface area contributed by atoms with Gasteiger partial charge in [-0.1, -0.05) is 0 Å². The standard InChI is InChI=1S/C11H6BrF3N2O2/c12-9-5-16-6-17-10(9)18-7-1-3-8(4-2-7)19-11(13,14)15/h1-6H. The molecule has 0 atom stereocenters. The van der Waals surface area contributed by atoms with Gasteiger partial charge < -0.3 is 9.47 Å². The normalized spacial score (nSPS) is 11.2. The molecule has 1 aromatic carbocycles. The van der Waals surface area contributed by atoms with E-state index >= 15 is 0 Å². The molecule has 8 heteroatoms. The van der Waals surface area contributed by atoms with Gasteiger partial charge in [0.05, 0.1) is 4.47 Å². The molecule has 0 N–H and O–H groups in total. The molecule has 0 aliphatic heterocycles. The van der Waals surface area contributed by atoms with E-state index in [0.717, 1.165) is 12.1 Å². The lowest BCUT2D eigenvalue weighted by Crippen LogP contribution is -2.16. The second-order valence-corrected chi connectivity index (χ2v) is 4.15. The molecule has 100 valence electrons. The number of rotatable bonds is 3. The molecular formula is C11H6BrF3N2O2. The molecule has 0 amide bonds. The van der Waals surface area contributed by atoms with Gasteiger partial charge in [-0.05, 0) is 40.2 Å². The quantitative estimate of drug-likeness (QED) is 0.853. The highest BCUT2D eigenvalue weighted by Crippen LogP contribution is 2.29. The van der Waals surface area contributed by atoms with E-state index in [1.54, 1.807) is 0 Å². The first kappa shape index (κ1) is 13.6. The highest BCUT2D eigenvalue weighted by atomic mass is 79.9. The van der Waals surface area contributed by atoms with Crippen LogP contribution in [0.4, 0.5) is 13.2 Å². The molecule has 0 aliphatic rings. The highest BCUT2D eigenvalue weighted by molar-refractivity contribution is 9.10. The summed E-state index contributed by atoms with van der Waals surface area (Å²) < 4.78 is 45.5. The van der Waals surface area contributed by atoms with Crippen molar-refractivity contribution >= 4 is 15.9 Å². The lowest BCUT2D eigenvalue weighted by atomic mass is 10.3. The lowest BCUT2D eigenvalue weighted by molar-refractivity contribution is -0.274. The summed E-state index contributed by atoms with van der Waals surface area (Å²) >= 11 is 3.18. The Kier molecular flexibility index (Phi) is 3.89. The van der Waals surface area contributed by atoms with Crippen molar-refractivity contribution in [3.05, 3.63) is 41.3 Å². The zero-order valence-electron chi connectivity index (χ0n) is 9.19. The maximum atomic E-state index is 12.0. The molecule has 0 aliphatic carbocycles. The first-order chi connectivity index (χ1) is 8.94. The topological polar surface area (TPSA) is 44.2 Å². The Hall–Kier alpha value is -1.83. The molecule has 0 spiro atoms. The third-order valence-corrected chi connectivity index (χ3v) is 2.45. The minimum Gasteiger partial charge on any atom is -0.438 e. The van der Waals surface area contributed by atoms with E-state index in [-0.39, 0.29) is 11.6 Å². The van der Waals surface area contributed by atoms with Gasteiger partial charge in [-0.15, -0.1) is 13.2 Å². The third kappa shape index (κ3) is 4.09. The van der Waals surface area contributed by atoms with Gasteiger partial charge in [-0.3, -0.25) is 0 Å². The van der Waals surface area contributed by atoms with Crippen molar-refractivity contribution in [3.8, 4) is 17.4 Å². The van der Waals surface area contributed by atoms with Gasteiger partial charge in [0.1, 0.15) is 17.8 Å². The summed E-state index contributed by atoms with van der Waals surface area (Å²) in [6.07, 6.45) is -1.93. The maximum Gasteiger partial charge on any atom is 0.573 e. The van der Waals surface area contributed by atoms with Crippen LogP contribution in [0.1, 0.15) is 0 Å². The Morgan fingerprint density at radius 3 is 2.26 bits per heavy atom. The number of hydrogen-bond acceptors (Lipinski definition) is 4.